The maximum absolute atomic E-state index is 12.8. The monoisotopic (exact) mass is 329 g/mol. The number of amides is 3. The first kappa shape index (κ1) is 17.1. The first-order chi connectivity index (χ1) is 10.8. The number of carbonyl (C=O) groups excluding carboxylic acids is 2. The van der Waals surface area contributed by atoms with Crippen molar-refractivity contribution in [1.29, 1.82) is 0 Å². The predicted octanol–water partition coefficient (Wildman–Crippen LogP) is 3.03. The summed E-state index contributed by atoms with van der Waals surface area (Å²) < 4.78 is 38.4. The fourth-order valence-electron chi connectivity index (χ4n) is 2.77. The van der Waals surface area contributed by atoms with E-state index in [0.29, 0.717) is 18.5 Å². The molecule has 0 radical (unpaired) electrons. The second-order valence-corrected chi connectivity index (χ2v) is 5.65. The van der Waals surface area contributed by atoms with E-state index in [4.69, 9.17) is 5.73 Å². The van der Waals surface area contributed by atoms with Gasteiger partial charge in [-0.25, -0.2) is 4.79 Å². The lowest BCUT2D eigenvalue weighted by molar-refractivity contribution is -0.183. The summed E-state index contributed by atoms with van der Waals surface area (Å²) in [6, 6.07) is 4.79. The minimum absolute atomic E-state index is 0.103. The first-order valence-corrected chi connectivity index (χ1v) is 7.30. The number of hydrogen-bond donors (Lipinski definition) is 3. The molecular formula is C15H18F3N3O2. The van der Waals surface area contributed by atoms with Crippen molar-refractivity contribution in [3.63, 3.8) is 0 Å². The molecule has 0 saturated heterocycles. The molecule has 8 heteroatoms. The minimum atomic E-state index is -4.23. The largest absolute Gasteiger partial charge is 0.391 e. The van der Waals surface area contributed by atoms with Crippen molar-refractivity contribution >= 4 is 17.6 Å². The van der Waals surface area contributed by atoms with E-state index >= 15 is 0 Å². The van der Waals surface area contributed by atoms with Gasteiger partial charge in [0.05, 0.1) is 5.92 Å². The smallest absolute Gasteiger partial charge is 0.351 e. The van der Waals surface area contributed by atoms with Gasteiger partial charge < -0.3 is 16.4 Å². The van der Waals surface area contributed by atoms with Gasteiger partial charge in [0.1, 0.15) is 0 Å². The molecule has 0 bridgehead atoms. The van der Waals surface area contributed by atoms with Crippen LogP contribution >= 0.6 is 0 Å². The van der Waals surface area contributed by atoms with E-state index in [2.05, 4.69) is 10.6 Å². The van der Waals surface area contributed by atoms with Crippen LogP contribution in [-0.4, -0.2) is 24.2 Å². The molecule has 4 N–H and O–H groups in total. The molecule has 1 aliphatic carbocycles. The summed E-state index contributed by atoms with van der Waals surface area (Å²) in [5.41, 5.74) is 5.60. The third-order valence-corrected chi connectivity index (χ3v) is 3.86. The molecule has 1 aromatic carbocycles. The van der Waals surface area contributed by atoms with Gasteiger partial charge in [0, 0.05) is 17.3 Å². The molecule has 23 heavy (non-hydrogen) atoms. The lowest BCUT2D eigenvalue weighted by Gasteiger charge is -2.31. The fourth-order valence-corrected chi connectivity index (χ4v) is 2.77. The predicted molar refractivity (Wildman–Crippen MR) is 78.9 cm³/mol. The Balaban J connectivity index is 2.00. The number of benzene rings is 1. The van der Waals surface area contributed by atoms with Gasteiger partial charge in [0.25, 0.3) is 5.91 Å². The highest BCUT2D eigenvalue weighted by Gasteiger charge is 2.42. The van der Waals surface area contributed by atoms with Crippen LogP contribution in [0.4, 0.5) is 23.7 Å². The van der Waals surface area contributed by atoms with E-state index < -0.39 is 30.1 Å². The van der Waals surface area contributed by atoms with Gasteiger partial charge in [-0.2, -0.15) is 13.2 Å². The fraction of sp³-hybridized carbons (Fsp3) is 0.467. The number of rotatable bonds is 3. The van der Waals surface area contributed by atoms with Crippen LogP contribution in [0.2, 0.25) is 0 Å². The highest BCUT2D eigenvalue weighted by atomic mass is 19.4. The molecule has 0 aliphatic heterocycles. The van der Waals surface area contributed by atoms with Crippen LogP contribution in [0.1, 0.15) is 36.0 Å². The number of urea groups is 1. The van der Waals surface area contributed by atoms with E-state index in [1.807, 2.05) is 0 Å². The number of carbonyl (C=O) groups is 2. The zero-order chi connectivity index (χ0) is 17.0. The number of hydrogen-bond acceptors (Lipinski definition) is 2. The zero-order valence-corrected chi connectivity index (χ0v) is 12.3. The van der Waals surface area contributed by atoms with Gasteiger partial charge in [0.2, 0.25) is 0 Å². The van der Waals surface area contributed by atoms with Crippen molar-refractivity contribution in [3.8, 4) is 0 Å². The molecule has 1 fully saturated rings. The Morgan fingerprint density at radius 2 is 1.96 bits per heavy atom. The summed E-state index contributed by atoms with van der Waals surface area (Å²) in [7, 11) is 0. The van der Waals surface area contributed by atoms with Crippen molar-refractivity contribution in [2.75, 3.05) is 5.32 Å². The molecule has 0 heterocycles. The van der Waals surface area contributed by atoms with Crippen LogP contribution in [-0.2, 0) is 0 Å². The SMILES string of the molecule is NC(=O)Nc1cccc(C(=O)NC2CCCC(C(F)(F)F)C2)c1. The summed E-state index contributed by atoms with van der Waals surface area (Å²) in [5.74, 6) is -1.84. The highest BCUT2D eigenvalue weighted by molar-refractivity contribution is 5.96. The molecule has 5 nitrogen and oxygen atoms in total. The summed E-state index contributed by atoms with van der Waals surface area (Å²) in [4.78, 5) is 23.0. The Morgan fingerprint density at radius 3 is 2.61 bits per heavy atom. The molecule has 2 unspecified atom stereocenters. The second-order valence-electron chi connectivity index (χ2n) is 5.65. The van der Waals surface area contributed by atoms with Gasteiger partial charge in [0.15, 0.2) is 0 Å². The molecule has 0 spiro atoms. The van der Waals surface area contributed by atoms with Crippen molar-refractivity contribution in [2.24, 2.45) is 11.7 Å². The van der Waals surface area contributed by atoms with Gasteiger partial charge in [-0.1, -0.05) is 12.5 Å². The summed E-state index contributed by atoms with van der Waals surface area (Å²) in [5, 5.41) is 4.98. The van der Waals surface area contributed by atoms with E-state index in [1.54, 1.807) is 12.1 Å². The van der Waals surface area contributed by atoms with Crippen LogP contribution in [0.3, 0.4) is 0 Å². The van der Waals surface area contributed by atoms with Crippen molar-refractivity contribution in [3.05, 3.63) is 29.8 Å². The molecule has 0 aromatic heterocycles. The maximum Gasteiger partial charge on any atom is 0.391 e. The third kappa shape index (κ3) is 4.87. The van der Waals surface area contributed by atoms with Crippen LogP contribution in [0.5, 0.6) is 0 Å². The Morgan fingerprint density at radius 1 is 1.22 bits per heavy atom. The molecular weight excluding hydrogens is 311 g/mol. The van der Waals surface area contributed by atoms with Crippen molar-refractivity contribution in [2.45, 2.75) is 37.9 Å². The molecule has 3 amide bonds. The summed E-state index contributed by atoms with van der Waals surface area (Å²) in [6.07, 6.45) is -3.27. The lowest BCUT2D eigenvalue weighted by Crippen LogP contribution is -2.41. The second kappa shape index (κ2) is 6.89. The molecule has 2 rings (SSSR count). The van der Waals surface area contributed by atoms with Gasteiger partial charge in [-0.05, 0) is 37.5 Å². The Kier molecular flexibility index (Phi) is 5.12. The topological polar surface area (TPSA) is 84.2 Å². The normalized spacial score (nSPS) is 21.5. The Hall–Kier alpha value is -2.25. The van der Waals surface area contributed by atoms with Gasteiger partial charge in [-0.15, -0.1) is 0 Å². The molecule has 1 aromatic rings. The molecule has 1 aliphatic rings. The third-order valence-electron chi connectivity index (χ3n) is 3.86. The quantitative estimate of drug-likeness (QED) is 0.796. The first-order valence-electron chi connectivity index (χ1n) is 7.30. The number of nitrogens with one attached hydrogen (secondary N) is 2. The van der Waals surface area contributed by atoms with Crippen LogP contribution in [0, 0.1) is 5.92 Å². The summed E-state index contributed by atoms with van der Waals surface area (Å²) >= 11 is 0. The van der Waals surface area contributed by atoms with E-state index in [0.717, 1.165) is 0 Å². The van der Waals surface area contributed by atoms with Gasteiger partial charge in [-0.3, -0.25) is 4.79 Å². The van der Waals surface area contributed by atoms with Crippen LogP contribution < -0.4 is 16.4 Å². The average Bonchev–Trinajstić information content (AvgIpc) is 2.46. The molecule has 126 valence electrons. The number of anilines is 1. The molecule has 2 atom stereocenters. The number of nitrogens with two attached hydrogens (primary N) is 1. The Bertz CT molecular complexity index is 590. The van der Waals surface area contributed by atoms with Crippen molar-refractivity contribution < 1.29 is 22.8 Å². The lowest BCUT2D eigenvalue weighted by atomic mass is 9.85. The van der Waals surface area contributed by atoms with Crippen LogP contribution in [0.25, 0.3) is 0 Å². The van der Waals surface area contributed by atoms with E-state index in [1.165, 1.54) is 12.1 Å². The summed E-state index contributed by atoms with van der Waals surface area (Å²) in [6.45, 7) is 0. The van der Waals surface area contributed by atoms with E-state index in [9.17, 15) is 22.8 Å². The number of alkyl halides is 3. The van der Waals surface area contributed by atoms with Crippen LogP contribution in [0.15, 0.2) is 24.3 Å². The zero-order valence-electron chi connectivity index (χ0n) is 12.3. The van der Waals surface area contributed by atoms with E-state index in [-0.39, 0.29) is 18.4 Å². The molecule has 1 saturated carbocycles. The standard InChI is InChI=1S/C15H18F3N3O2/c16-15(17,18)10-4-2-6-12(8-10)20-13(22)9-3-1-5-11(7-9)21-14(19)23/h1,3,5,7,10,12H,2,4,6,8H2,(H,20,22)(H3,19,21,23). The maximum atomic E-state index is 12.8. The Labute approximate surface area is 131 Å². The van der Waals surface area contributed by atoms with Gasteiger partial charge >= 0.3 is 12.2 Å². The average molecular weight is 329 g/mol. The van der Waals surface area contributed by atoms with Crippen molar-refractivity contribution in [1.82, 2.24) is 5.32 Å². The number of halogens is 3. The minimum Gasteiger partial charge on any atom is -0.351 e. The highest BCUT2D eigenvalue weighted by Crippen LogP contribution is 2.37. The number of primary amides is 1.